The third-order valence-corrected chi connectivity index (χ3v) is 11.1. The number of hydrogen-bond donors (Lipinski definition) is 0. The largest absolute Gasteiger partial charge is 0.310 e. The van der Waals surface area contributed by atoms with Gasteiger partial charge in [-0.3, -0.25) is 17.9 Å². The van der Waals surface area contributed by atoms with Crippen molar-refractivity contribution >= 4 is 72.8 Å². The number of fused-ring (bicyclic) bond motifs is 10. The highest BCUT2D eigenvalue weighted by atomic mass is 15.2. The summed E-state index contributed by atoms with van der Waals surface area (Å²) in [7, 11) is 0. The quantitative estimate of drug-likeness (QED) is 0.171. The summed E-state index contributed by atoms with van der Waals surface area (Å²) < 4.78 is 9.11. The molecule has 0 aliphatic heterocycles. The van der Waals surface area contributed by atoms with Gasteiger partial charge < -0.3 is 4.90 Å². The van der Waals surface area contributed by atoms with E-state index >= 15 is 0 Å². The molecule has 4 heterocycles. The average molecular weight is 732 g/mol. The van der Waals surface area contributed by atoms with E-state index in [4.69, 9.17) is 9.97 Å². The highest BCUT2D eigenvalue weighted by Crippen LogP contribution is 2.41. The van der Waals surface area contributed by atoms with Crippen LogP contribution in [-0.4, -0.2) is 27.9 Å². The number of para-hydroxylation sites is 6. The number of anilines is 3. The molecule has 0 unspecified atom stereocenters. The van der Waals surface area contributed by atoms with Crippen molar-refractivity contribution in [3.05, 3.63) is 200 Å². The minimum atomic E-state index is 0.881. The van der Waals surface area contributed by atoms with E-state index in [1.54, 1.807) is 0 Å². The van der Waals surface area contributed by atoms with E-state index in [0.29, 0.717) is 0 Å². The Morgan fingerprint density at radius 1 is 0.316 bits per heavy atom. The van der Waals surface area contributed by atoms with Crippen LogP contribution in [0.25, 0.3) is 78.2 Å². The molecule has 7 nitrogen and oxygen atoms in total. The van der Waals surface area contributed by atoms with Crippen LogP contribution >= 0.6 is 0 Å². The van der Waals surface area contributed by atoms with Gasteiger partial charge in [0.2, 0.25) is 11.6 Å². The maximum atomic E-state index is 5.17. The summed E-state index contributed by atoms with van der Waals surface area (Å²) in [5, 5.41) is 0. The molecule has 0 fully saturated rings. The first-order valence-corrected chi connectivity index (χ1v) is 19.2. The topological polar surface area (TPSA) is 47.7 Å². The smallest absolute Gasteiger partial charge is 0.220 e. The molecule has 0 saturated heterocycles. The van der Waals surface area contributed by atoms with E-state index in [1.165, 1.54) is 11.1 Å². The number of benzene rings is 8. The minimum absolute atomic E-state index is 0.881. The van der Waals surface area contributed by atoms with E-state index in [0.717, 1.165) is 84.1 Å². The van der Waals surface area contributed by atoms with Gasteiger partial charge in [-0.05, 0) is 108 Å². The van der Waals surface area contributed by atoms with Gasteiger partial charge in [0.25, 0.3) is 0 Å². The molecule has 7 heteroatoms. The maximum Gasteiger partial charge on any atom is 0.220 e. The molecule has 4 aromatic heterocycles. The summed E-state index contributed by atoms with van der Waals surface area (Å²) in [6.07, 6.45) is 0. The predicted octanol–water partition coefficient (Wildman–Crippen LogP) is 12.3. The molecular formula is C50H33N7. The Labute approximate surface area is 327 Å². The van der Waals surface area contributed by atoms with Gasteiger partial charge in [-0.25, -0.2) is 9.97 Å². The van der Waals surface area contributed by atoms with E-state index in [9.17, 15) is 0 Å². The zero-order chi connectivity index (χ0) is 37.5. The molecule has 57 heavy (non-hydrogen) atoms. The Hall–Kier alpha value is -7.90. The van der Waals surface area contributed by atoms with Gasteiger partial charge in [0.1, 0.15) is 0 Å². The van der Waals surface area contributed by atoms with Crippen LogP contribution in [0.4, 0.5) is 17.1 Å². The Balaban J connectivity index is 1.13. The van der Waals surface area contributed by atoms with Gasteiger partial charge >= 0.3 is 0 Å². The van der Waals surface area contributed by atoms with Crippen LogP contribution in [0, 0.1) is 0 Å². The highest BCUT2D eigenvalue weighted by Gasteiger charge is 2.23. The monoisotopic (exact) mass is 731 g/mol. The lowest BCUT2D eigenvalue weighted by Crippen LogP contribution is -2.10. The van der Waals surface area contributed by atoms with Crippen LogP contribution in [0.2, 0.25) is 0 Å². The summed E-state index contributed by atoms with van der Waals surface area (Å²) in [6.45, 7) is 0. The van der Waals surface area contributed by atoms with Crippen LogP contribution in [0.3, 0.4) is 0 Å². The number of rotatable bonds is 6. The summed E-state index contributed by atoms with van der Waals surface area (Å²) in [5.74, 6) is 1.76. The molecule has 268 valence electrons. The number of nitrogens with zero attached hydrogens (tertiary/aromatic N) is 7. The lowest BCUT2D eigenvalue weighted by Gasteiger charge is -2.26. The highest BCUT2D eigenvalue weighted by molar-refractivity contribution is 5.97. The van der Waals surface area contributed by atoms with E-state index in [1.807, 2.05) is 0 Å². The van der Waals surface area contributed by atoms with Crippen LogP contribution < -0.4 is 4.90 Å². The van der Waals surface area contributed by atoms with Crippen molar-refractivity contribution < 1.29 is 0 Å². The van der Waals surface area contributed by atoms with Crippen molar-refractivity contribution in [1.29, 1.82) is 0 Å². The van der Waals surface area contributed by atoms with Crippen LogP contribution in [0.1, 0.15) is 0 Å². The van der Waals surface area contributed by atoms with Crippen LogP contribution in [0.5, 0.6) is 0 Å². The molecule has 8 aromatic carbocycles. The molecule has 12 aromatic rings. The normalized spacial score (nSPS) is 11.9. The first kappa shape index (κ1) is 31.5. The molecule has 0 N–H and O–H groups in total. The van der Waals surface area contributed by atoms with Crippen molar-refractivity contribution in [2.45, 2.75) is 0 Å². The third-order valence-electron chi connectivity index (χ3n) is 11.1. The Morgan fingerprint density at radius 3 is 1.21 bits per heavy atom. The van der Waals surface area contributed by atoms with E-state index in [-0.39, 0.29) is 0 Å². The lowest BCUT2D eigenvalue weighted by molar-refractivity contribution is 1.11. The fraction of sp³-hybridized carbons (Fsp3) is 0. The third kappa shape index (κ3) is 4.79. The summed E-state index contributed by atoms with van der Waals surface area (Å²) >= 11 is 0. The fourth-order valence-corrected chi connectivity index (χ4v) is 8.60. The van der Waals surface area contributed by atoms with Gasteiger partial charge in [0.05, 0.1) is 44.1 Å². The zero-order valence-electron chi connectivity index (χ0n) is 30.7. The summed E-state index contributed by atoms with van der Waals surface area (Å²) in [5.41, 5.74) is 16.0. The number of imidazole rings is 4. The SMILES string of the molecule is c1ccc(-c2ccc(N(c3ccc4c(c3)n3c5ccccc5nc3n4-c3ccccc3)c3ccc4c(c3)n3c5ccccc5nc3n4-c3ccccc3)cc2)cc1. The molecule has 0 aliphatic rings. The van der Waals surface area contributed by atoms with E-state index in [2.05, 4.69) is 223 Å². The number of hydrogen-bond acceptors (Lipinski definition) is 3. The van der Waals surface area contributed by atoms with Crippen molar-refractivity contribution in [2.75, 3.05) is 4.90 Å². The van der Waals surface area contributed by atoms with Crippen molar-refractivity contribution in [3.8, 4) is 22.5 Å². The Bertz CT molecular complexity index is 3250. The standard InChI is InChI=1S/C50H33N7/c1-4-14-34(15-5-1)35-24-26-38(27-25-35)53(39-28-30-45-47(32-39)56-43-22-12-10-20-41(43)51-49(56)54(45)36-16-6-2-7-17-36)40-29-31-46-48(33-40)57-44-23-13-11-21-42(44)52-50(57)55(46)37-18-8-3-9-19-37/h1-33H. The molecular weight excluding hydrogens is 699 g/mol. The molecule has 0 saturated carbocycles. The van der Waals surface area contributed by atoms with Gasteiger partial charge in [0.15, 0.2) is 0 Å². The summed E-state index contributed by atoms with van der Waals surface area (Å²) in [6, 6.07) is 70.8. The molecule has 0 amide bonds. The second-order valence-corrected chi connectivity index (χ2v) is 14.4. The van der Waals surface area contributed by atoms with Gasteiger partial charge in [-0.1, -0.05) is 103 Å². The first-order chi connectivity index (χ1) is 28.3. The van der Waals surface area contributed by atoms with Crippen molar-refractivity contribution in [3.63, 3.8) is 0 Å². The number of aromatic nitrogens is 6. The maximum absolute atomic E-state index is 5.17. The van der Waals surface area contributed by atoms with Crippen molar-refractivity contribution in [1.82, 2.24) is 27.9 Å². The molecule has 12 rings (SSSR count). The fourth-order valence-electron chi connectivity index (χ4n) is 8.60. The van der Waals surface area contributed by atoms with Gasteiger partial charge in [-0.2, -0.15) is 0 Å². The van der Waals surface area contributed by atoms with Crippen molar-refractivity contribution in [2.24, 2.45) is 0 Å². The average Bonchev–Trinajstić information content (AvgIpc) is 4.01. The Morgan fingerprint density at radius 2 is 0.719 bits per heavy atom. The zero-order valence-corrected chi connectivity index (χ0v) is 30.7. The predicted molar refractivity (Wildman–Crippen MR) is 233 cm³/mol. The second-order valence-electron chi connectivity index (χ2n) is 14.4. The first-order valence-electron chi connectivity index (χ1n) is 19.2. The molecule has 0 aliphatic carbocycles. The second kappa shape index (κ2) is 12.3. The molecule has 0 bridgehead atoms. The van der Waals surface area contributed by atoms with Crippen LogP contribution in [0.15, 0.2) is 200 Å². The van der Waals surface area contributed by atoms with Gasteiger partial charge in [0, 0.05) is 28.4 Å². The summed E-state index contributed by atoms with van der Waals surface area (Å²) in [4.78, 5) is 12.7. The molecule has 0 atom stereocenters. The lowest BCUT2D eigenvalue weighted by atomic mass is 10.0. The van der Waals surface area contributed by atoms with Crippen LogP contribution in [-0.2, 0) is 0 Å². The van der Waals surface area contributed by atoms with E-state index < -0.39 is 0 Å². The minimum Gasteiger partial charge on any atom is -0.310 e. The van der Waals surface area contributed by atoms with Gasteiger partial charge in [-0.15, -0.1) is 0 Å². The molecule has 0 radical (unpaired) electrons. The molecule has 0 spiro atoms. The Kier molecular flexibility index (Phi) is 6.79.